The first-order chi connectivity index (χ1) is 8.86. The first-order valence-corrected chi connectivity index (χ1v) is 6.77. The lowest BCUT2D eigenvalue weighted by molar-refractivity contribution is 0.205. The van der Waals surface area contributed by atoms with Gasteiger partial charge in [-0.3, -0.25) is 0 Å². The molecule has 1 aliphatic rings. The molecule has 1 saturated carbocycles. The van der Waals surface area contributed by atoms with E-state index in [1.165, 1.54) is 29.3 Å². The summed E-state index contributed by atoms with van der Waals surface area (Å²) in [6, 6.07) is 9.10. The van der Waals surface area contributed by atoms with Crippen LogP contribution in [0.4, 0.5) is 0 Å². The monoisotopic (exact) mass is 244 g/mol. The molecule has 3 rings (SSSR count). The molecule has 1 fully saturated rings. The third-order valence-corrected chi connectivity index (χ3v) is 4.08. The van der Waals surface area contributed by atoms with Crippen LogP contribution in [-0.2, 0) is 6.54 Å². The van der Waals surface area contributed by atoms with Gasteiger partial charge in [-0.05, 0) is 47.9 Å². The highest BCUT2D eigenvalue weighted by molar-refractivity contribution is 5.79. The number of fused-ring (bicyclic) bond motifs is 1. The molecule has 1 heterocycles. The lowest BCUT2D eigenvalue weighted by Gasteiger charge is -2.19. The molecule has 0 radical (unpaired) electrons. The minimum absolute atomic E-state index is 0.314. The predicted octanol–water partition coefficient (Wildman–Crippen LogP) is 2.42. The molecule has 18 heavy (non-hydrogen) atoms. The first-order valence-electron chi connectivity index (χ1n) is 6.77. The number of benzene rings is 1. The minimum Gasteiger partial charge on any atom is -0.396 e. The molecular weight excluding hydrogens is 224 g/mol. The van der Waals surface area contributed by atoms with E-state index in [0.717, 1.165) is 13.0 Å². The van der Waals surface area contributed by atoms with E-state index >= 15 is 0 Å². The summed E-state index contributed by atoms with van der Waals surface area (Å²) in [5.41, 5.74) is 2.50. The van der Waals surface area contributed by atoms with Crippen molar-refractivity contribution in [1.82, 2.24) is 10.3 Å². The van der Waals surface area contributed by atoms with Crippen molar-refractivity contribution in [3.63, 3.8) is 0 Å². The van der Waals surface area contributed by atoms with Gasteiger partial charge >= 0.3 is 0 Å². The van der Waals surface area contributed by atoms with Crippen LogP contribution < -0.4 is 5.32 Å². The number of aliphatic hydroxyl groups is 1. The number of hydrogen-bond donors (Lipinski definition) is 3. The second-order valence-corrected chi connectivity index (χ2v) is 5.26. The zero-order valence-corrected chi connectivity index (χ0v) is 10.5. The lowest BCUT2D eigenvalue weighted by Crippen LogP contribution is -2.33. The highest BCUT2D eigenvalue weighted by Gasteiger charge is 2.25. The number of aliphatic hydroxyl groups excluding tert-OH is 1. The quantitative estimate of drug-likeness (QED) is 0.773. The summed E-state index contributed by atoms with van der Waals surface area (Å²) in [4.78, 5) is 3.21. The molecule has 0 saturated heterocycles. The summed E-state index contributed by atoms with van der Waals surface area (Å²) in [6.07, 6.45) is 5.56. The zero-order chi connectivity index (χ0) is 12.4. The minimum atomic E-state index is 0.314. The Balaban J connectivity index is 1.65. The summed E-state index contributed by atoms with van der Waals surface area (Å²) in [5.74, 6) is 0.445. The Morgan fingerprint density at radius 3 is 3.11 bits per heavy atom. The predicted molar refractivity (Wildman–Crippen MR) is 73.4 cm³/mol. The third-order valence-electron chi connectivity index (χ3n) is 4.08. The van der Waals surface area contributed by atoms with E-state index in [0.29, 0.717) is 18.6 Å². The molecule has 1 aliphatic carbocycles. The number of rotatable bonds is 4. The molecule has 2 unspecified atom stereocenters. The summed E-state index contributed by atoms with van der Waals surface area (Å²) >= 11 is 0. The van der Waals surface area contributed by atoms with E-state index in [9.17, 15) is 5.11 Å². The van der Waals surface area contributed by atoms with Gasteiger partial charge in [0.2, 0.25) is 0 Å². The Bertz CT molecular complexity index is 520. The molecule has 96 valence electrons. The molecule has 0 spiro atoms. The Morgan fingerprint density at radius 1 is 1.28 bits per heavy atom. The van der Waals surface area contributed by atoms with Crippen LogP contribution in [0.25, 0.3) is 10.9 Å². The zero-order valence-electron chi connectivity index (χ0n) is 10.5. The molecule has 1 aromatic heterocycles. The second kappa shape index (κ2) is 5.12. The van der Waals surface area contributed by atoms with E-state index in [1.807, 2.05) is 6.20 Å². The third kappa shape index (κ3) is 2.28. The summed E-state index contributed by atoms with van der Waals surface area (Å²) < 4.78 is 0. The van der Waals surface area contributed by atoms with Gasteiger partial charge in [-0.25, -0.2) is 0 Å². The van der Waals surface area contributed by atoms with Gasteiger partial charge in [0.15, 0.2) is 0 Å². The average molecular weight is 244 g/mol. The first kappa shape index (κ1) is 11.8. The fraction of sp³-hybridized carbons (Fsp3) is 0.467. The molecule has 0 bridgehead atoms. The summed E-state index contributed by atoms with van der Waals surface area (Å²) in [7, 11) is 0. The van der Waals surface area contributed by atoms with E-state index in [2.05, 4.69) is 34.6 Å². The van der Waals surface area contributed by atoms with Crippen LogP contribution in [0.2, 0.25) is 0 Å². The van der Waals surface area contributed by atoms with Gasteiger partial charge in [0.25, 0.3) is 0 Å². The fourth-order valence-electron chi connectivity index (χ4n) is 2.99. The fourth-order valence-corrected chi connectivity index (χ4v) is 2.99. The maximum Gasteiger partial charge on any atom is 0.0474 e. The van der Waals surface area contributed by atoms with E-state index < -0.39 is 0 Å². The number of aromatic amines is 1. The van der Waals surface area contributed by atoms with Crippen LogP contribution in [-0.4, -0.2) is 22.7 Å². The van der Waals surface area contributed by atoms with Gasteiger partial charge in [-0.2, -0.15) is 0 Å². The van der Waals surface area contributed by atoms with Crippen LogP contribution in [0.1, 0.15) is 24.8 Å². The number of aromatic nitrogens is 1. The smallest absolute Gasteiger partial charge is 0.0474 e. The maximum atomic E-state index is 9.30. The van der Waals surface area contributed by atoms with Crippen molar-refractivity contribution in [2.45, 2.75) is 31.8 Å². The Kier molecular flexibility index (Phi) is 3.35. The summed E-state index contributed by atoms with van der Waals surface area (Å²) in [5, 5.41) is 14.2. The Hall–Kier alpha value is -1.32. The second-order valence-electron chi connectivity index (χ2n) is 5.26. The van der Waals surface area contributed by atoms with Crippen molar-refractivity contribution in [1.29, 1.82) is 0 Å². The molecule has 3 N–H and O–H groups in total. The average Bonchev–Trinajstić information content (AvgIpc) is 3.04. The molecular formula is C15H20N2O. The van der Waals surface area contributed by atoms with Gasteiger partial charge in [0, 0.05) is 30.9 Å². The molecule has 3 heteroatoms. The molecule has 2 aromatic rings. The van der Waals surface area contributed by atoms with Crippen molar-refractivity contribution in [2.24, 2.45) is 5.92 Å². The van der Waals surface area contributed by atoms with E-state index in [-0.39, 0.29) is 0 Å². The topological polar surface area (TPSA) is 48.0 Å². The van der Waals surface area contributed by atoms with Crippen LogP contribution >= 0.6 is 0 Å². The standard InChI is InChI=1S/C15H20N2O/c18-10-13-2-1-3-14(13)17-9-11-4-5-15-12(8-11)6-7-16-15/h4-8,13-14,16-18H,1-3,9-10H2. The van der Waals surface area contributed by atoms with Crippen molar-refractivity contribution in [2.75, 3.05) is 6.61 Å². The van der Waals surface area contributed by atoms with Crippen LogP contribution in [0.15, 0.2) is 30.5 Å². The SMILES string of the molecule is OCC1CCCC1NCc1ccc2[nH]ccc2c1. The lowest BCUT2D eigenvalue weighted by atomic mass is 10.0. The van der Waals surface area contributed by atoms with E-state index in [1.54, 1.807) is 0 Å². The molecule has 1 aromatic carbocycles. The van der Waals surface area contributed by atoms with Crippen molar-refractivity contribution in [3.8, 4) is 0 Å². The van der Waals surface area contributed by atoms with Crippen LogP contribution in [0.3, 0.4) is 0 Å². The van der Waals surface area contributed by atoms with Crippen molar-refractivity contribution in [3.05, 3.63) is 36.0 Å². The van der Waals surface area contributed by atoms with Gasteiger partial charge in [-0.15, -0.1) is 0 Å². The number of nitrogens with one attached hydrogen (secondary N) is 2. The Morgan fingerprint density at radius 2 is 2.22 bits per heavy atom. The van der Waals surface area contributed by atoms with E-state index in [4.69, 9.17) is 0 Å². The largest absolute Gasteiger partial charge is 0.396 e. The van der Waals surface area contributed by atoms with Gasteiger partial charge < -0.3 is 15.4 Å². The molecule has 0 amide bonds. The van der Waals surface area contributed by atoms with Gasteiger partial charge in [0.05, 0.1) is 0 Å². The Labute approximate surface area is 107 Å². The van der Waals surface area contributed by atoms with Crippen LogP contribution in [0, 0.1) is 5.92 Å². The van der Waals surface area contributed by atoms with Crippen molar-refractivity contribution >= 4 is 10.9 Å². The number of H-pyrrole nitrogens is 1. The molecule has 0 aliphatic heterocycles. The number of hydrogen-bond acceptors (Lipinski definition) is 2. The highest BCUT2D eigenvalue weighted by atomic mass is 16.3. The van der Waals surface area contributed by atoms with Gasteiger partial charge in [-0.1, -0.05) is 12.5 Å². The van der Waals surface area contributed by atoms with Crippen molar-refractivity contribution < 1.29 is 5.11 Å². The molecule has 3 nitrogen and oxygen atoms in total. The van der Waals surface area contributed by atoms with Crippen LogP contribution in [0.5, 0.6) is 0 Å². The maximum absolute atomic E-state index is 9.30. The molecule has 2 atom stereocenters. The normalized spacial score (nSPS) is 23.8. The van der Waals surface area contributed by atoms with Gasteiger partial charge in [0.1, 0.15) is 0 Å². The highest BCUT2D eigenvalue weighted by Crippen LogP contribution is 2.25. The summed E-state index contributed by atoms with van der Waals surface area (Å²) in [6.45, 7) is 1.21.